The number of aromatic nitrogens is 5. The van der Waals surface area contributed by atoms with Gasteiger partial charge >= 0.3 is 0 Å². The Morgan fingerprint density at radius 1 is 1.08 bits per heavy atom. The van der Waals surface area contributed by atoms with Gasteiger partial charge in [-0.05, 0) is 63.4 Å². The SMILES string of the molecule is CC1CCC(n2c3cnccc3c3cnc(Nc4ccc5c(n4)CCN(C(=O)CN(C)C)C5)nc32)CC1. The van der Waals surface area contributed by atoms with Crippen LogP contribution in [0.1, 0.15) is 49.9 Å². The Morgan fingerprint density at radius 3 is 2.73 bits per heavy atom. The molecule has 0 atom stereocenters. The third-order valence-electron chi connectivity index (χ3n) is 7.79. The standard InChI is InChI=1S/C28H34N8O/c1-18-4-7-20(8-5-18)36-24-15-29-12-10-21(24)22-14-30-28(33-27(22)36)32-25-9-6-19-16-35(13-11-23(19)31-25)26(37)17-34(2)3/h6,9-10,12,14-15,18,20H,4-5,7-8,11,13,16-17H2,1-3H3,(H,30,31,32,33). The third-order valence-corrected chi connectivity index (χ3v) is 7.79. The largest absolute Gasteiger partial charge is 0.337 e. The summed E-state index contributed by atoms with van der Waals surface area (Å²) in [7, 11) is 3.83. The minimum Gasteiger partial charge on any atom is -0.337 e. The van der Waals surface area contributed by atoms with Crippen molar-refractivity contribution in [1.82, 2.24) is 34.3 Å². The lowest BCUT2D eigenvalue weighted by Gasteiger charge is -2.29. The molecule has 2 aliphatic rings. The van der Waals surface area contributed by atoms with Gasteiger partial charge in [0.25, 0.3) is 0 Å². The Labute approximate surface area is 216 Å². The zero-order chi connectivity index (χ0) is 25.5. The van der Waals surface area contributed by atoms with Gasteiger partial charge in [0.2, 0.25) is 11.9 Å². The normalized spacial score (nSPS) is 19.9. The Balaban J connectivity index is 1.28. The number of anilines is 2. The van der Waals surface area contributed by atoms with Crippen molar-refractivity contribution in [3.8, 4) is 0 Å². The highest BCUT2D eigenvalue weighted by Gasteiger charge is 2.25. The number of pyridine rings is 2. The molecule has 6 rings (SSSR count). The van der Waals surface area contributed by atoms with Gasteiger partial charge in [0.15, 0.2) is 0 Å². The minimum atomic E-state index is 0.151. The molecule has 9 heteroatoms. The highest BCUT2D eigenvalue weighted by molar-refractivity contribution is 6.06. The zero-order valence-electron chi connectivity index (χ0n) is 21.8. The van der Waals surface area contributed by atoms with Crippen LogP contribution in [0.5, 0.6) is 0 Å². The second-order valence-electron chi connectivity index (χ2n) is 10.8. The molecule has 5 heterocycles. The van der Waals surface area contributed by atoms with Crippen molar-refractivity contribution < 1.29 is 4.79 Å². The molecule has 1 aliphatic carbocycles. The molecule has 0 spiro atoms. The summed E-state index contributed by atoms with van der Waals surface area (Å²) >= 11 is 0. The Hall–Kier alpha value is -3.59. The van der Waals surface area contributed by atoms with E-state index in [4.69, 9.17) is 9.97 Å². The first-order valence-electron chi connectivity index (χ1n) is 13.2. The lowest BCUT2D eigenvalue weighted by Crippen LogP contribution is -2.41. The van der Waals surface area contributed by atoms with Crippen LogP contribution in [0.15, 0.2) is 36.8 Å². The van der Waals surface area contributed by atoms with E-state index in [0.717, 1.165) is 64.2 Å². The van der Waals surface area contributed by atoms with Crippen molar-refractivity contribution in [3.05, 3.63) is 48.0 Å². The third kappa shape index (κ3) is 4.64. The van der Waals surface area contributed by atoms with Gasteiger partial charge in [-0.2, -0.15) is 4.98 Å². The summed E-state index contributed by atoms with van der Waals surface area (Å²) in [6, 6.07) is 6.50. The number of hydrogen-bond acceptors (Lipinski definition) is 7. The number of carbonyl (C=O) groups excluding carboxylic acids is 1. The first-order chi connectivity index (χ1) is 18.0. The summed E-state index contributed by atoms with van der Waals surface area (Å²) in [6.45, 7) is 4.06. The highest BCUT2D eigenvalue weighted by atomic mass is 16.2. The van der Waals surface area contributed by atoms with Crippen LogP contribution in [-0.2, 0) is 17.8 Å². The van der Waals surface area contributed by atoms with Crippen molar-refractivity contribution in [2.24, 2.45) is 5.92 Å². The van der Waals surface area contributed by atoms with Gasteiger partial charge in [-0.1, -0.05) is 13.0 Å². The number of hydrogen-bond donors (Lipinski definition) is 1. The average molecular weight is 499 g/mol. The molecular formula is C28H34N8O. The van der Waals surface area contributed by atoms with Gasteiger partial charge in [-0.3, -0.25) is 9.78 Å². The van der Waals surface area contributed by atoms with E-state index in [1.807, 2.05) is 48.6 Å². The van der Waals surface area contributed by atoms with Crippen LogP contribution in [0.25, 0.3) is 21.9 Å². The quantitative estimate of drug-likeness (QED) is 0.438. The molecule has 192 valence electrons. The predicted molar refractivity (Wildman–Crippen MR) is 145 cm³/mol. The Kier molecular flexibility index (Phi) is 6.24. The molecule has 0 aromatic carbocycles. The second kappa shape index (κ2) is 9.70. The Bertz CT molecular complexity index is 1450. The van der Waals surface area contributed by atoms with Crippen LogP contribution < -0.4 is 5.32 Å². The maximum absolute atomic E-state index is 12.5. The molecule has 0 saturated heterocycles. The summed E-state index contributed by atoms with van der Waals surface area (Å²) in [6.07, 6.45) is 11.2. The average Bonchev–Trinajstić information content (AvgIpc) is 3.22. The van der Waals surface area contributed by atoms with E-state index in [1.54, 1.807) is 0 Å². The molecule has 1 N–H and O–H groups in total. The van der Waals surface area contributed by atoms with Gasteiger partial charge in [0.1, 0.15) is 11.5 Å². The van der Waals surface area contributed by atoms with E-state index in [0.29, 0.717) is 31.6 Å². The fourth-order valence-corrected chi connectivity index (χ4v) is 5.78. The molecule has 0 bridgehead atoms. The molecule has 1 saturated carbocycles. The van der Waals surface area contributed by atoms with Crippen LogP contribution in [0, 0.1) is 5.92 Å². The van der Waals surface area contributed by atoms with Crippen LogP contribution in [-0.4, -0.2) is 67.4 Å². The zero-order valence-corrected chi connectivity index (χ0v) is 21.8. The fraction of sp³-hybridized carbons (Fsp3) is 0.464. The van der Waals surface area contributed by atoms with Crippen molar-refractivity contribution >= 4 is 39.6 Å². The number of nitrogens with one attached hydrogen (secondary N) is 1. The number of amides is 1. The molecule has 0 radical (unpaired) electrons. The molecular weight excluding hydrogens is 464 g/mol. The molecule has 4 aromatic rings. The molecule has 37 heavy (non-hydrogen) atoms. The van der Waals surface area contributed by atoms with E-state index < -0.39 is 0 Å². The maximum Gasteiger partial charge on any atom is 0.237 e. The van der Waals surface area contributed by atoms with E-state index in [-0.39, 0.29) is 5.91 Å². The Morgan fingerprint density at radius 2 is 1.92 bits per heavy atom. The second-order valence-corrected chi connectivity index (χ2v) is 10.8. The predicted octanol–water partition coefficient (Wildman–Crippen LogP) is 4.32. The van der Waals surface area contributed by atoms with Crippen molar-refractivity contribution in [3.63, 3.8) is 0 Å². The van der Waals surface area contributed by atoms with Crippen LogP contribution >= 0.6 is 0 Å². The number of fused-ring (bicyclic) bond motifs is 4. The number of rotatable bonds is 5. The number of nitrogens with zero attached hydrogens (tertiary/aromatic N) is 7. The lowest BCUT2D eigenvalue weighted by atomic mass is 9.87. The maximum atomic E-state index is 12.5. The van der Waals surface area contributed by atoms with Crippen molar-refractivity contribution in [2.75, 3.05) is 32.5 Å². The smallest absolute Gasteiger partial charge is 0.237 e. The van der Waals surface area contributed by atoms with Crippen LogP contribution in [0.3, 0.4) is 0 Å². The first-order valence-corrected chi connectivity index (χ1v) is 13.2. The van der Waals surface area contributed by atoms with Crippen LogP contribution in [0.4, 0.5) is 11.8 Å². The van der Waals surface area contributed by atoms with Gasteiger partial charge < -0.3 is 19.7 Å². The summed E-state index contributed by atoms with van der Waals surface area (Å²) in [5.41, 5.74) is 4.20. The lowest BCUT2D eigenvalue weighted by molar-refractivity contribution is -0.132. The molecule has 9 nitrogen and oxygen atoms in total. The monoisotopic (exact) mass is 498 g/mol. The minimum absolute atomic E-state index is 0.151. The molecule has 1 fully saturated rings. The van der Waals surface area contributed by atoms with Crippen molar-refractivity contribution in [1.29, 1.82) is 0 Å². The molecule has 1 aliphatic heterocycles. The highest BCUT2D eigenvalue weighted by Crippen LogP contribution is 2.38. The fourth-order valence-electron chi connectivity index (χ4n) is 5.78. The van der Waals surface area contributed by atoms with E-state index in [9.17, 15) is 4.79 Å². The molecule has 1 amide bonds. The summed E-state index contributed by atoms with van der Waals surface area (Å²) < 4.78 is 2.38. The van der Waals surface area contributed by atoms with E-state index in [1.165, 1.54) is 12.8 Å². The van der Waals surface area contributed by atoms with Crippen LogP contribution in [0.2, 0.25) is 0 Å². The topological polar surface area (TPSA) is 92.1 Å². The number of carbonyl (C=O) groups is 1. The summed E-state index contributed by atoms with van der Waals surface area (Å²) in [5, 5.41) is 5.54. The number of likely N-dealkylation sites (N-methyl/N-ethyl adjacent to an activating group) is 1. The van der Waals surface area contributed by atoms with Gasteiger partial charge in [0.05, 0.1) is 18.3 Å². The molecule has 4 aromatic heterocycles. The van der Waals surface area contributed by atoms with E-state index in [2.05, 4.69) is 38.9 Å². The van der Waals surface area contributed by atoms with Crippen molar-refractivity contribution in [2.45, 2.75) is 51.6 Å². The summed E-state index contributed by atoms with van der Waals surface area (Å²) in [4.78, 5) is 35.2. The first kappa shape index (κ1) is 23.8. The van der Waals surface area contributed by atoms with Gasteiger partial charge in [0, 0.05) is 54.4 Å². The van der Waals surface area contributed by atoms with E-state index >= 15 is 0 Å². The summed E-state index contributed by atoms with van der Waals surface area (Å²) in [5.74, 6) is 2.20. The molecule has 0 unspecified atom stereocenters. The van der Waals surface area contributed by atoms with Gasteiger partial charge in [-0.15, -0.1) is 0 Å². The van der Waals surface area contributed by atoms with Gasteiger partial charge in [-0.25, -0.2) is 9.97 Å².